The van der Waals surface area contributed by atoms with Crippen LogP contribution in [0.3, 0.4) is 0 Å². The number of anilines is 1. The van der Waals surface area contributed by atoms with Gasteiger partial charge in [0, 0.05) is 12.2 Å². The summed E-state index contributed by atoms with van der Waals surface area (Å²) in [4.78, 5) is 38.5. The largest absolute Gasteiger partial charge is 0.478 e. The molecule has 0 aliphatic rings. The van der Waals surface area contributed by atoms with Crippen LogP contribution in [0.25, 0.3) is 5.69 Å². The highest BCUT2D eigenvalue weighted by Gasteiger charge is 2.23. The van der Waals surface area contributed by atoms with Gasteiger partial charge in [0.15, 0.2) is 5.75 Å². The monoisotopic (exact) mass is 445 g/mol. The van der Waals surface area contributed by atoms with Crippen LogP contribution in [-0.4, -0.2) is 43.4 Å². The summed E-state index contributed by atoms with van der Waals surface area (Å²) in [6.45, 7) is 1.94. The highest BCUT2D eigenvalue weighted by Crippen LogP contribution is 2.26. The number of para-hydroxylation sites is 3. The predicted molar refractivity (Wildman–Crippen MR) is 119 cm³/mol. The molecule has 0 spiro atoms. The average molecular weight is 445 g/mol. The number of benzene rings is 3. The van der Waals surface area contributed by atoms with Gasteiger partial charge in [-0.25, -0.2) is 14.4 Å². The fourth-order valence-corrected chi connectivity index (χ4v) is 3.18. The minimum atomic E-state index is -1.08. The van der Waals surface area contributed by atoms with Crippen LogP contribution in [0.15, 0.2) is 83.7 Å². The van der Waals surface area contributed by atoms with Gasteiger partial charge in [0.1, 0.15) is 11.4 Å². The van der Waals surface area contributed by atoms with E-state index in [4.69, 9.17) is 9.84 Å². The highest BCUT2D eigenvalue weighted by molar-refractivity contribution is 5.94. The van der Waals surface area contributed by atoms with E-state index in [0.29, 0.717) is 27.6 Å². The molecule has 33 heavy (non-hydrogen) atoms. The molecule has 1 N–H and O–H groups in total. The number of carboxylic acids is 1. The van der Waals surface area contributed by atoms with Crippen molar-refractivity contribution in [3.8, 4) is 17.2 Å². The molecule has 1 amide bonds. The number of nitrogens with zero attached hydrogens (tertiary/aromatic N) is 5. The number of carbonyl (C=O) groups is 2. The molecule has 10 nitrogen and oxygen atoms in total. The lowest BCUT2D eigenvalue weighted by atomic mass is 10.2. The number of aromatic carboxylic acids is 1. The Labute approximate surface area is 187 Å². The Balaban J connectivity index is 1.66. The molecule has 10 heteroatoms. The Morgan fingerprint density at radius 2 is 1.61 bits per heavy atom. The molecule has 0 aliphatic heterocycles. The maximum atomic E-state index is 13.1. The van der Waals surface area contributed by atoms with Crippen molar-refractivity contribution in [3.05, 3.63) is 94.9 Å². The first kappa shape index (κ1) is 21.5. The van der Waals surface area contributed by atoms with Crippen LogP contribution < -0.4 is 15.3 Å². The van der Waals surface area contributed by atoms with Crippen LogP contribution in [-0.2, 0) is 0 Å². The summed E-state index contributed by atoms with van der Waals surface area (Å²) in [5.41, 5.74) is 0.0473. The van der Waals surface area contributed by atoms with Crippen molar-refractivity contribution >= 4 is 17.7 Å². The molecular formula is C23H19N5O5. The van der Waals surface area contributed by atoms with Gasteiger partial charge >= 0.3 is 17.7 Å². The normalized spacial score (nSPS) is 10.6. The van der Waals surface area contributed by atoms with Crippen molar-refractivity contribution in [2.45, 2.75) is 6.92 Å². The first-order valence-corrected chi connectivity index (χ1v) is 10.0. The number of aromatic nitrogens is 4. The summed E-state index contributed by atoms with van der Waals surface area (Å²) in [6, 6.07) is 20.8. The second kappa shape index (κ2) is 9.18. The zero-order chi connectivity index (χ0) is 23.4. The number of tetrazole rings is 1. The summed E-state index contributed by atoms with van der Waals surface area (Å²) in [5.74, 6) is -0.142. The van der Waals surface area contributed by atoms with Crippen molar-refractivity contribution in [3.63, 3.8) is 0 Å². The summed E-state index contributed by atoms with van der Waals surface area (Å²) in [6.07, 6.45) is 0. The lowest BCUT2D eigenvalue weighted by molar-refractivity contribution is 0.0697. The number of ether oxygens (including phenoxy) is 1. The van der Waals surface area contributed by atoms with Gasteiger partial charge in [0.25, 0.3) is 0 Å². The van der Waals surface area contributed by atoms with Crippen LogP contribution in [0.5, 0.6) is 11.5 Å². The van der Waals surface area contributed by atoms with Crippen molar-refractivity contribution in [2.24, 2.45) is 0 Å². The number of carboxylic acid groups (broad SMARTS) is 1. The van der Waals surface area contributed by atoms with Gasteiger partial charge in [-0.05, 0) is 65.9 Å². The maximum absolute atomic E-state index is 13.1. The fourth-order valence-electron chi connectivity index (χ4n) is 3.18. The molecule has 0 bridgehead atoms. The number of hydrogen-bond acceptors (Lipinski definition) is 6. The number of carbonyl (C=O) groups excluding carboxylic acids is 1. The molecule has 4 aromatic rings. The number of rotatable bonds is 6. The fraction of sp³-hybridized carbons (Fsp3) is 0.0870. The minimum Gasteiger partial charge on any atom is -0.478 e. The highest BCUT2D eigenvalue weighted by atomic mass is 16.5. The molecule has 0 saturated carbocycles. The third-order valence-electron chi connectivity index (χ3n) is 4.80. The van der Waals surface area contributed by atoms with E-state index in [0.717, 1.165) is 4.68 Å². The predicted octanol–water partition coefficient (Wildman–Crippen LogP) is 3.41. The molecule has 0 saturated heterocycles. The summed E-state index contributed by atoms with van der Waals surface area (Å²) < 4.78 is 7.51. The zero-order valence-electron chi connectivity index (χ0n) is 17.5. The van der Waals surface area contributed by atoms with Gasteiger partial charge in [-0.2, -0.15) is 4.68 Å². The molecule has 4 rings (SSSR count). The second-order valence-corrected chi connectivity index (χ2v) is 6.85. The van der Waals surface area contributed by atoms with Crippen LogP contribution >= 0.6 is 0 Å². The van der Waals surface area contributed by atoms with Crippen LogP contribution in [0.2, 0.25) is 0 Å². The van der Waals surface area contributed by atoms with Crippen molar-refractivity contribution in [2.75, 3.05) is 11.4 Å². The average Bonchev–Trinajstić information content (AvgIpc) is 3.22. The van der Waals surface area contributed by atoms with Crippen LogP contribution in [0, 0.1) is 0 Å². The van der Waals surface area contributed by atoms with E-state index in [2.05, 4.69) is 10.4 Å². The molecule has 0 fully saturated rings. The van der Waals surface area contributed by atoms with Crippen molar-refractivity contribution < 1.29 is 19.4 Å². The summed E-state index contributed by atoms with van der Waals surface area (Å²) in [7, 11) is 0. The van der Waals surface area contributed by atoms with E-state index < -0.39 is 17.7 Å². The standard InChI is InChI=1S/C23H19N5O5/c1-2-26(17-14-12-16(13-15-17)21(29)30)22(31)28-23(32)27(24-25-28)19-10-6-7-11-20(19)33-18-8-4-3-5-9-18/h3-15H,2H2,1H3,(H,29,30). The summed E-state index contributed by atoms with van der Waals surface area (Å²) in [5, 5.41) is 16.7. The topological polar surface area (TPSA) is 120 Å². The van der Waals surface area contributed by atoms with E-state index in [1.807, 2.05) is 18.2 Å². The Bertz CT molecular complexity index is 1350. The Hall–Kier alpha value is -4.73. The van der Waals surface area contributed by atoms with Gasteiger partial charge in [0.05, 0.1) is 5.56 Å². The molecule has 0 radical (unpaired) electrons. The Kier molecular flexibility index (Phi) is 5.98. The lowest BCUT2D eigenvalue weighted by Crippen LogP contribution is -2.41. The van der Waals surface area contributed by atoms with Gasteiger partial charge in [0.2, 0.25) is 0 Å². The molecule has 166 valence electrons. The van der Waals surface area contributed by atoms with E-state index in [1.54, 1.807) is 43.3 Å². The molecule has 1 aromatic heterocycles. The molecule has 0 aliphatic carbocycles. The SMILES string of the molecule is CCN(C(=O)n1nnn(-c2ccccc2Oc2ccccc2)c1=O)c1ccc(C(=O)O)cc1. The van der Waals surface area contributed by atoms with Crippen molar-refractivity contribution in [1.82, 2.24) is 19.8 Å². The first-order chi connectivity index (χ1) is 16.0. The zero-order valence-corrected chi connectivity index (χ0v) is 17.5. The smallest absolute Gasteiger partial charge is 0.377 e. The summed E-state index contributed by atoms with van der Waals surface area (Å²) >= 11 is 0. The van der Waals surface area contributed by atoms with Gasteiger partial charge < -0.3 is 9.84 Å². The number of hydrogen-bond donors (Lipinski definition) is 1. The van der Waals surface area contributed by atoms with E-state index in [9.17, 15) is 14.4 Å². The maximum Gasteiger partial charge on any atom is 0.377 e. The molecule has 0 unspecified atom stereocenters. The lowest BCUT2D eigenvalue weighted by Gasteiger charge is -2.19. The van der Waals surface area contributed by atoms with E-state index in [-0.39, 0.29) is 12.1 Å². The molecule has 1 heterocycles. The van der Waals surface area contributed by atoms with Gasteiger partial charge in [-0.3, -0.25) is 4.90 Å². The van der Waals surface area contributed by atoms with E-state index in [1.165, 1.54) is 29.2 Å². The Morgan fingerprint density at radius 3 is 2.27 bits per heavy atom. The van der Waals surface area contributed by atoms with Crippen molar-refractivity contribution in [1.29, 1.82) is 0 Å². The van der Waals surface area contributed by atoms with E-state index >= 15 is 0 Å². The third kappa shape index (κ3) is 4.35. The Morgan fingerprint density at radius 1 is 0.939 bits per heavy atom. The number of amides is 1. The second-order valence-electron chi connectivity index (χ2n) is 6.85. The quantitative estimate of drug-likeness (QED) is 0.452. The third-order valence-corrected chi connectivity index (χ3v) is 4.80. The van der Waals surface area contributed by atoms with Gasteiger partial charge in [-0.1, -0.05) is 30.3 Å². The van der Waals surface area contributed by atoms with Crippen LogP contribution in [0.4, 0.5) is 10.5 Å². The molecule has 3 aromatic carbocycles. The first-order valence-electron chi connectivity index (χ1n) is 10.0. The van der Waals surface area contributed by atoms with Crippen LogP contribution in [0.1, 0.15) is 17.3 Å². The minimum absolute atomic E-state index is 0.0837. The molecular weight excluding hydrogens is 426 g/mol. The molecule has 0 atom stereocenters. The van der Waals surface area contributed by atoms with Gasteiger partial charge in [-0.15, -0.1) is 4.68 Å².